The number of carboxylic acids is 1. The number of ether oxygens (including phenoxy) is 3. The Morgan fingerprint density at radius 1 is 1.45 bits per heavy atom. The Morgan fingerprint density at radius 3 is 2.85 bits per heavy atom. The van der Waals surface area contributed by atoms with Crippen molar-refractivity contribution in [3.05, 3.63) is 23.8 Å². The first-order valence-electron chi connectivity index (χ1n) is 6.45. The topological polar surface area (TPSA) is 85.2 Å². The van der Waals surface area contributed by atoms with E-state index in [0.29, 0.717) is 18.1 Å². The lowest BCUT2D eigenvalue weighted by Gasteiger charge is -2.24. The van der Waals surface area contributed by atoms with Gasteiger partial charge in [-0.3, -0.25) is 0 Å². The number of benzene rings is 1. The summed E-state index contributed by atoms with van der Waals surface area (Å²) in [5.74, 6) is -0.389. The molecular weight excluding hydrogens is 264 g/mol. The molecule has 0 bridgehead atoms. The fraction of sp³-hybridized carbons (Fsp3) is 0.500. The van der Waals surface area contributed by atoms with Gasteiger partial charge in [0.1, 0.15) is 6.10 Å². The second-order valence-corrected chi connectivity index (χ2v) is 4.61. The summed E-state index contributed by atoms with van der Waals surface area (Å²) in [6, 6.07) is 4.58. The molecule has 2 atom stereocenters. The molecule has 6 nitrogen and oxygen atoms in total. The van der Waals surface area contributed by atoms with Gasteiger partial charge in [-0.05, 0) is 30.5 Å². The van der Waals surface area contributed by atoms with Crippen molar-refractivity contribution in [2.45, 2.75) is 25.0 Å². The van der Waals surface area contributed by atoms with Gasteiger partial charge in [0, 0.05) is 6.61 Å². The Bertz CT molecular complexity index is 467. The SMILES string of the molecule is COc1ccc(C(O)C(=O)O)cc1OC1CCCOC1. The zero-order valence-electron chi connectivity index (χ0n) is 11.2. The summed E-state index contributed by atoms with van der Waals surface area (Å²) in [7, 11) is 1.51. The van der Waals surface area contributed by atoms with Gasteiger partial charge in [0.25, 0.3) is 0 Å². The average molecular weight is 282 g/mol. The summed E-state index contributed by atoms with van der Waals surface area (Å²) in [6.07, 6.45) is 0.125. The molecule has 20 heavy (non-hydrogen) atoms. The van der Waals surface area contributed by atoms with E-state index in [0.717, 1.165) is 19.4 Å². The molecule has 0 radical (unpaired) electrons. The van der Waals surface area contributed by atoms with Crippen molar-refractivity contribution in [1.82, 2.24) is 0 Å². The van der Waals surface area contributed by atoms with Crippen molar-refractivity contribution in [2.75, 3.05) is 20.3 Å². The van der Waals surface area contributed by atoms with Crippen LogP contribution in [0.3, 0.4) is 0 Å². The van der Waals surface area contributed by atoms with Crippen LogP contribution in [-0.4, -0.2) is 42.6 Å². The Balaban J connectivity index is 2.19. The van der Waals surface area contributed by atoms with Crippen LogP contribution in [0.4, 0.5) is 0 Å². The molecule has 1 aromatic rings. The van der Waals surface area contributed by atoms with E-state index >= 15 is 0 Å². The lowest BCUT2D eigenvalue weighted by atomic mass is 10.1. The van der Waals surface area contributed by atoms with Crippen molar-refractivity contribution in [2.24, 2.45) is 0 Å². The third-order valence-electron chi connectivity index (χ3n) is 3.15. The Hall–Kier alpha value is -1.79. The van der Waals surface area contributed by atoms with E-state index in [4.69, 9.17) is 19.3 Å². The maximum absolute atomic E-state index is 10.8. The zero-order valence-corrected chi connectivity index (χ0v) is 11.2. The van der Waals surface area contributed by atoms with Crippen LogP contribution in [0.25, 0.3) is 0 Å². The molecule has 110 valence electrons. The average Bonchev–Trinajstić information content (AvgIpc) is 2.47. The summed E-state index contributed by atoms with van der Waals surface area (Å²) in [4.78, 5) is 10.8. The van der Waals surface area contributed by atoms with Gasteiger partial charge in [0.2, 0.25) is 0 Å². The molecule has 1 aromatic carbocycles. The standard InChI is InChI=1S/C14H18O6/c1-18-11-5-4-9(13(15)14(16)17)7-12(11)20-10-3-2-6-19-8-10/h4-5,7,10,13,15H,2-3,6,8H2,1H3,(H,16,17). The third-order valence-corrected chi connectivity index (χ3v) is 3.15. The van der Waals surface area contributed by atoms with Gasteiger partial charge in [-0.25, -0.2) is 4.79 Å². The highest BCUT2D eigenvalue weighted by Crippen LogP contribution is 2.32. The van der Waals surface area contributed by atoms with Crippen LogP contribution in [0.15, 0.2) is 18.2 Å². The molecule has 2 rings (SSSR count). The fourth-order valence-electron chi connectivity index (χ4n) is 2.08. The van der Waals surface area contributed by atoms with Crippen LogP contribution >= 0.6 is 0 Å². The summed E-state index contributed by atoms with van der Waals surface area (Å²) in [5.41, 5.74) is 0.255. The zero-order chi connectivity index (χ0) is 14.5. The van der Waals surface area contributed by atoms with E-state index in [-0.39, 0.29) is 11.7 Å². The number of aliphatic hydroxyl groups is 1. The summed E-state index contributed by atoms with van der Waals surface area (Å²) >= 11 is 0. The number of carboxylic acid groups (broad SMARTS) is 1. The summed E-state index contributed by atoms with van der Waals surface area (Å²) < 4.78 is 16.3. The molecule has 0 spiro atoms. The molecule has 1 heterocycles. The first-order valence-corrected chi connectivity index (χ1v) is 6.45. The van der Waals surface area contributed by atoms with Crippen LogP contribution in [0.2, 0.25) is 0 Å². The van der Waals surface area contributed by atoms with E-state index in [9.17, 15) is 9.90 Å². The van der Waals surface area contributed by atoms with Gasteiger partial charge in [0.15, 0.2) is 17.6 Å². The van der Waals surface area contributed by atoms with Crippen molar-refractivity contribution < 1.29 is 29.2 Å². The Labute approximate surface area is 116 Å². The number of aliphatic carboxylic acids is 1. The Morgan fingerprint density at radius 2 is 2.25 bits per heavy atom. The third kappa shape index (κ3) is 3.40. The molecule has 1 fully saturated rings. The quantitative estimate of drug-likeness (QED) is 0.848. The van der Waals surface area contributed by atoms with E-state index in [1.807, 2.05) is 0 Å². The number of hydrogen-bond acceptors (Lipinski definition) is 5. The molecule has 0 aromatic heterocycles. The van der Waals surface area contributed by atoms with Gasteiger partial charge >= 0.3 is 5.97 Å². The van der Waals surface area contributed by atoms with Gasteiger partial charge < -0.3 is 24.4 Å². The van der Waals surface area contributed by atoms with Crippen molar-refractivity contribution in [1.29, 1.82) is 0 Å². The highest BCUT2D eigenvalue weighted by Gasteiger charge is 2.21. The summed E-state index contributed by atoms with van der Waals surface area (Å²) in [5, 5.41) is 18.4. The lowest BCUT2D eigenvalue weighted by molar-refractivity contribution is -0.146. The highest BCUT2D eigenvalue weighted by molar-refractivity contribution is 5.74. The molecular formula is C14H18O6. The normalized spacial score (nSPS) is 20.2. The number of aliphatic hydroxyl groups excluding tert-OH is 1. The van der Waals surface area contributed by atoms with Gasteiger partial charge in [-0.1, -0.05) is 6.07 Å². The first-order chi connectivity index (χ1) is 9.61. The molecule has 2 N–H and O–H groups in total. The molecule has 1 aliphatic heterocycles. The minimum atomic E-state index is -1.58. The predicted octanol–water partition coefficient (Wildman–Crippen LogP) is 1.37. The molecule has 0 amide bonds. The molecule has 0 aliphatic carbocycles. The van der Waals surface area contributed by atoms with E-state index in [1.54, 1.807) is 6.07 Å². The van der Waals surface area contributed by atoms with Crippen molar-refractivity contribution in [3.63, 3.8) is 0 Å². The largest absolute Gasteiger partial charge is 0.493 e. The maximum Gasteiger partial charge on any atom is 0.337 e. The first kappa shape index (κ1) is 14.6. The second-order valence-electron chi connectivity index (χ2n) is 4.61. The van der Waals surface area contributed by atoms with Crippen LogP contribution in [0.1, 0.15) is 24.5 Å². The molecule has 1 aliphatic rings. The van der Waals surface area contributed by atoms with Gasteiger partial charge in [-0.2, -0.15) is 0 Å². The molecule has 6 heteroatoms. The molecule has 2 unspecified atom stereocenters. The number of methoxy groups -OCH3 is 1. The molecule has 0 saturated carbocycles. The smallest absolute Gasteiger partial charge is 0.337 e. The number of hydrogen-bond donors (Lipinski definition) is 2. The molecule has 1 saturated heterocycles. The van der Waals surface area contributed by atoms with Crippen LogP contribution < -0.4 is 9.47 Å². The van der Waals surface area contributed by atoms with Crippen LogP contribution in [-0.2, 0) is 9.53 Å². The number of carbonyl (C=O) groups is 1. The van der Waals surface area contributed by atoms with Crippen LogP contribution in [0.5, 0.6) is 11.5 Å². The Kier molecular flexibility index (Phi) is 4.81. The minimum Gasteiger partial charge on any atom is -0.493 e. The second kappa shape index (κ2) is 6.58. The van der Waals surface area contributed by atoms with Crippen molar-refractivity contribution >= 4 is 5.97 Å². The van der Waals surface area contributed by atoms with E-state index < -0.39 is 12.1 Å². The fourth-order valence-corrected chi connectivity index (χ4v) is 2.08. The van der Waals surface area contributed by atoms with E-state index in [2.05, 4.69) is 0 Å². The number of rotatable bonds is 5. The minimum absolute atomic E-state index is 0.0881. The van der Waals surface area contributed by atoms with Crippen LogP contribution in [0, 0.1) is 0 Å². The van der Waals surface area contributed by atoms with E-state index in [1.165, 1.54) is 19.2 Å². The summed E-state index contributed by atoms with van der Waals surface area (Å²) in [6.45, 7) is 1.23. The van der Waals surface area contributed by atoms with Crippen molar-refractivity contribution in [3.8, 4) is 11.5 Å². The monoisotopic (exact) mass is 282 g/mol. The van der Waals surface area contributed by atoms with Gasteiger partial charge in [-0.15, -0.1) is 0 Å². The highest BCUT2D eigenvalue weighted by atomic mass is 16.5. The predicted molar refractivity (Wildman–Crippen MR) is 70.1 cm³/mol. The lowest BCUT2D eigenvalue weighted by Crippen LogP contribution is -2.28. The maximum atomic E-state index is 10.8. The van der Waals surface area contributed by atoms with Gasteiger partial charge in [0.05, 0.1) is 13.7 Å².